The average Bonchev–Trinajstić information content (AvgIpc) is 2.76. The fourth-order valence-corrected chi connectivity index (χ4v) is 3.71. The number of benzene rings is 2. The molecule has 0 saturated carbocycles. The first-order chi connectivity index (χ1) is 15.2. The molecule has 1 aliphatic heterocycles. The molecule has 5 nitrogen and oxygen atoms in total. The number of nitrogens with one attached hydrogen (secondary N) is 1. The number of alkyl halides is 3. The van der Waals surface area contributed by atoms with Gasteiger partial charge in [-0.1, -0.05) is 12.1 Å². The Morgan fingerprint density at radius 1 is 1.09 bits per heavy atom. The Morgan fingerprint density at radius 3 is 2.41 bits per heavy atom. The lowest BCUT2D eigenvalue weighted by atomic mass is 10.1. The molecule has 2 aromatic rings. The Morgan fingerprint density at radius 2 is 1.78 bits per heavy atom. The average molecular weight is 450 g/mol. The van der Waals surface area contributed by atoms with Crippen LogP contribution in [0.25, 0.3) is 0 Å². The number of anilines is 1. The number of amides is 1. The Kier molecular flexibility index (Phi) is 8.01. The van der Waals surface area contributed by atoms with E-state index in [-0.39, 0.29) is 24.3 Å². The lowest BCUT2D eigenvalue weighted by Crippen LogP contribution is -2.47. The van der Waals surface area contributed by atoms with Gasteiger partial charge in [-0.3, -0.25) is 9.69 Å². The predicted molar refractivity (Wildman–Crippen MR) is 119 cm³/mol. The van der Waals surface area contributed by atoms with Crippen LogP contribution in [0.3, 0.4) is 0 Å². The number of carbonyl (C=O) groups excluding carboxylic acids is 1. The predicted octanol–water partition coefficient (Wildman–Crippen LogP) is 4.11. The van der Waals surface area contributed by atoms with E-state index >= 15 is 0 Å². The van der Waals surface area contributed by atoms with E-state index in [0.29, 0.717) is 0 Å². The molecule has 1 heterocycles. The summed E-state index contributed by atoms with van der Waals surface area (Å²) in [7, 11) is 0. The fourth-order valence-electron chi connectivity index (χ4n) is 3.71. The fraction of sp³-hybridized carbons (Fsp3) is 0.458. The van der Waals surface area contributed by atoms with Crippen molar-refractivity contribution in [1.29, 1.82) is 0 Å². The molecule has 1 fully saturated rings. The summed E-state index contributed by atoms with van der Waals surface area (Å²) in [5.41, 5.74) is 1.78. The van der Waals surface area contributed by atoms with Crippen molar-refractivity contribution < 1.29 is 22.7 Å². The minimum Gasteiger partial charge on any atom is -0.484 e. The first-order valence-electron chi connectivity index (χ1n) is 10.8. The number of hydrogen-bond acceptors (Lipinski definition) is 4. The Balaban J connectivity index is 1.33. The summed E-state index contributed by atoms with van der Waals surface area (Å²) in [6.07, 6.45) is -3.57. The zero-order valence-corrected chi connectivity index (χ0v) is 18.5. The second-order valence-corrected chi connectivity index (χ2v) is 8.24. The van der Waals surface area contributed by atoms with Crippen LogP contribution in [0.1, 0.15) is 24.5 Å². The van der Waals surface area contributed by atoms with Gasteiger partial charge < -0.3 is 15.0 Å². The summed E-state index contributed by atoms with van der Waals surface area (Å²) in [6, 6.07) is 12.8. The SMILES string of the molecule is Cc1cccc(N2CCN(CCC(C)NC(=O)COc3ccc(C(F)(F)F)cc3)CC2)c1. The van der Waals surface area contributed by atoms with Crippen molar-refractivity contribution in [2.45, 2.75) is 32.5 Å². The van der Waals surface area contributed by atoms with Gasteiger partial charge in [0.15, 0.2) is 6.61 Å². The van der Waals surface area contributed by atoms with Gasteiger partial charge in [0.1, 0.15) is 5.75 Å². The van der Waals surface area contributed by atoms with Crippen LogP contribution in [-0.4, -0.2) is 56.2 Å². The van der Waals surface area contributed by atoms with Crippen molar-refractivity contribution in [1.82, 2.24) is 10.2 Å². The molecule has 8 heteroatoms. The molecule has 2 aromatic carbocycles. The molecule has 0 spiro atoms. The van der Waals surface area contributed by atoms with E-state index in [1.807, 2.05) is 6.92 Å². The van der Waals surface area contributed by atoms with Crippen molar-refractivity contribution in [2.75, 3.05) is 44.2 Å². The van der Waals surface area contributed by atoms with Gasteiger partial charge in [0.2, 0.25) is 0 Å². The normalized spacial score (nSPS) is 16.0. The molecule has 1 N–H and O–H groups in total. The van der Waals surface area contributed by atoms with Crippen LogP contribution in [0.5, 0.6) is 5.75 Å². The van der Waals surface area contributed by atoms with Crippen LogP contribution in [0.4, 0.5) is 18.9 Å². The second-order valence-electron chi connectivity index (χ2n) is 8.24. The summed E-state index contributed by atoms with van der Waals surface area (Å²) in [4.78, 5) is 16.9. The molecule has 32 heavy (non-hydrogen) atoms. The number of hydrogen-bond donors (Lipinski definition) is 1. The summed E-state index contributed by atoms with van der Waals surface area (Å²) >= 11 is 0. The molecule has 3 rings (SSSR count). The quantitative estimate of drug-likeness (QED) is 0.659. The number of piperazine rings is 1. The molecule has 1 atom stereocenters. The van der Waals surface area contributed by atoms with E-state index in [1.165, 1.54) is 23.4 Å². The van der Waals surface area contributed by atoms with Gasteiger partial charge in [-0.25, -0.2) is 0 Å². The number of nitrogens with zero attached hydrogens (tertiary/aromatic N) is 2. The molecule has 1 aliphatic rings. The van der Waals surface area contributed by atoms with Crippen molar-refractivity contribution in [2.24, 2.45) is 0 Å². The summed E-state index contributed by atoms with van der Waals surface area (Å²) < 4.78 is 43.1. The molecule has 0 aliphatic carbocycles. The first kappa shape index (κ1) is 23.9. The van der Waals surface area contributed by atoms with Gasteiger partial charge in [0, 0.05) is 44.5 Å². The lowest BCUT2D eigenvalue weighted by molar-refractivity contribution is -0.137. The van der Waals surface area contributed by atoms with Crippen LogP contribution in [0.15, 0.2) is 48.5 Å². The van der Waals surface area contributed by atoms with Crippen molar-refractivity contribution >= 4 is 11.6 Å². The third-order valence-electron chi connectivity index (χ3n) is 5.58. The maximum Gasteiger partial charge on any atom is 0.416 e. The molecule has 0 aromatic heterocycles. The van der Waals surface area contributed by atoms with Gasteiger partial charge >= 0.3 is 6.18 Å². The number of carbonyl (C=O) groups is 1. The summed E-state index contributed by atoms with van der Waals surface area (Å²) in [5, 5.41) is 2.89. The molecule has 1 amide bonds. The Labute approximate surface area is 187 Å². The summed E-state index contributed by atoms with van der Waals surface area (Å²) in [6.45, 7) is 8.62. The van der Waals surface area contributed by atoms with E-state index < -0.39 is 11.7 Å². The van der Waals surface area contributed by atoms with Crippen LogP contribution < -0.4 is 15.0 Å². The molecular weight excluding hydrogens is 419 g/mol. The highest BCUT2D eigenvalue weighted by Crippen LogP contribution is 2.30. The highest BCUT2D eigenvalue weighted by Gasteiger charge is 2.30. The van der Waals surface area contributed by atoms with Crippen molar-refractivity contribution in [3.63, 3.8) is 0 Å². The molecule has 1 unspecified atom stereocenters. The van der Waals surface area contributed by atoms with E-state index in [1.54, 1.807) is 0 Å². The Hall–Kier alpha value is -2.74. The van der Waals surface area contributed by atoms with Crippen molar-refractivity contribution in [3.8, 4) is 5.75 Å². The maximum absolute atomic E-state index is 12.6. The van der Waals surface area contributed by atoms with Crippen LogP contribution in [0.2, 0.25) is 0 Å². The largest absolute Gasteiger partial charge is 0.484 e. The monoisotopic (exact) mass is 449 g/mol. The second kappa shape index (κ2) is 10.7. The van der Waals surface area contributed by atoms with E-state index in [2.05, 4.69) is 46.3 Å². The summed E-state index contributed by atoms with van der Waals surface area (Å²) in [5.74, 6) is -0.0612. The first-order valence-corrected chi connectivity index (χ1v) is 10.8. The molecule has 0 bridgehead atoms. The smallest absolute Gasteiger partial charge is 0.416 e. The van der Waals surface area contributed by atoms with Crippen LogP contribution in [-0.2, 0) is 11.0 Å². The number of halogens is 3. The lowest BCUT2D eigenvalue weighted by Gasteiger charge is -2.36. The number of rotatable bonds is 8. The number of aryl methyl sites for hydroxylation is 1. The van der Waals surface area contributed by atoms with Gasteiger partial charge in [-0.2, -0.15) is 13.2 Å². The van der Waals surface area contributed by atoms with Crippen LogP contribution >= 0.6 is 0 Å². The zero-order chi connectivity index (χ0) is 23.1. The van der Waals surface area contributed by atoms with Gasteiger partial charge in [0.25, 0.3) is 5.91 Å². The highest BCUT2D eigenvalue weighted by atomic mass is 19.4. The molecule has 174 valence electrons. The highest BCUT2D eigenvalue weighted by molar-refractivity contribution is 5.77. The third kappa shape index (κ3) is 7.15. The van der Waals surface area contributed by atoms with E-state index in [9.17, 15) is 18.0 Å². The Bertz CT molecular complexity index is 879. The molecule has 0 radical (unpaired) electrons. The van der Waals surface area contributed by atoms with E-state index in [4.69, 9.17) is 4.74 Å². The van der Waals surface area contributed by atoms with Crippen LogP contribution in [0, 0.1) is 6.92 Å². The number of ether oxygens (including phenoxy) is 1. The van der Waals surface area contributed by atoms with Gasteiger partial charge in [0.05, 0.1) is 5.56 Å². The topological polar surface area (TPSA) is 44.8 Å². The van der Waals surface area contributed by atoms with Gasteiger partial charge in [-0.05, 0) is 62.2 Å². The maximum atomic E-state index is 12.6. The van der Waals surface area contributed by atoms with E-state index in [0.717, 1.165) is 51.3 Å². The third-order valence-corrected chi connectivity index (χ3v) is 5.58. The minimum atomic E-state index is -4.39. The van der Waals surface area contributed by atoms with Crippen molar-refractivity contribution in [3.05, 3.63) is 59.7 Å². The molecular formula is C24H30F3N3O2. The zero-order valence-electron chi connectivity index (χ0n) is 18.5. The standard InChI is InChI=1S/C24H30F3N3O2/c1-18-4-3-5-21(16-18)30-14-12-29(13-15-30)11-10-19(2)28-23(31)17-32-22-8-6-20(7-9-22)24(25,26)27/h3-9,16,19H,10-15,17H2,1-2H3,(H,28,31). The van der Waals surface area contributed by atoms with Gasteiger partial charge in [-0.15, -0.1) is 0 Å². The minimum absolute atomic E-state index is 0.0199. The molecule has 1 saturated heterocycles.